The Morgan fingerprint density at radius 1 is 0.742 bits per heavy atom. The van der Waals surface area contributed by atoms with Gasteiger partial charge in [-0.15, -0.1) is 0 Å². The van der Waals surface area contributed by atoms with E-state index in [1.807, 2.05) is 72.8 Å². The maximum atomic E-state index is 12.2. The zero-order chi connectivity index (χ0) is 22.2. The molecule has 1 saturated heterocycles. The highest BCUT2D eigenvalue weighted by Crippen LogP contribution is 2.48. The standard InChI is InChI=1S/C26H26Cl3NO/c1-16-24(18-7-11-21(27)12-8-18)30-25(19-9-13-22(28)14-10-19)17(2)26(16,31)15-20-5-3-4-6-23(20)29/h3-14,16-17,24-25,30-31H,15H2,1-2H3/t16-,17+,24+,25-,26?. The molecule has 0 aliphatic carbocycles. The Balaban J connectivity index is 1.78. The molecule has 4 rings (SSSR count). The van der Waals surface area contributed by atoms with Crippen LogP contribution in [0.2, 0.25) is 15.1 Å². The van der Waals surface area contributed by atoms with E-state index in [9.17, 15) is 5.11 Å². The van der Waals surface area contributed by atoms with Crippen LogP contribution in [0.1, 0.15) is 42.6 Å². The molecule has 0 bridgehead atoms. The molecule has 0 radical (unpaired) electrons. The third-order valence-electron chi connectivity index (χ3n) is 6.83. The van der Waals surface area contributed by atoms with Crippen molar-refractivity contribution in [1.82, 2.24) is 5.32 Å². The topological polar surface area (TPSA) is 32.3 Å². The minimum Gasteiger partial charge on any atom is -0.389 e. The molecule has 1 aliphatic heterocycles. The van der Waals surface area contributed by atoms with Crippen LogP contribution in [0.15, 0.2) is 72.8 Å². The molecule has 162 valence electrons. The second-order valence-corrected chi connectivity index (χ2v) is 9.84. The average molecular weight is 475 g/mol. The molecular formula is C26H26Cl3NO. The van der Waals surface area contributed by atoms with Gasteiger partial charge in [0.2, 0.25) is 0 Å². The summed E-state index contributed by atoms with van der Waals surface area (Å²) in [6, 6.07) is 23.4. The molecule has 0 amide bonds. The first-order valence-electron chi connectivity index (χ1n) is 10.5. The van der Waals surface area contributed by atoms with Crippen LogP contribution in [0, 0.1) is 11.8 Å². The van der Waals surface area contributed by atoms with Gasteiger partial charge in [-0.1, -0.05) is 91.1 Å². The molecule has 0 aromatic heterocycles. The van der Waals surface area contributed by atoms with Gasteiger partial charge >= 0.3 is 0 Å². The van der Waals surface area contributed by atoms with Crippen LogP contribution in [0.5, 0.6) is 0 Å². The van der Waals surface area contributed by atoms with E-state index in [-0.39, 0.29) is 23.9 Å². The van der Waals surface area contributed by atoms with E-state index in [0.29, 0.717) is 21.5 Å². The lowest BCUT2D eigenvalue weighted by Gasteiger charge is -2.52. The predicted molar refractivity (Wildman–Crippen MR) is 130 cm³/mol. The summed E-state index contributed by atoms with van der Waals surface area (Å²) in [6.45, 7) is 4.22. The van der Waals surface area contributed by atoms with Gasteiger partial charge in [-0.25, -0.2) is 0 Å². The lowest BCUT2D eigenvalue weighted by molar-refractivity contribution is -0.110. The first kappa shape index (κ1) is 22.6. The van der Waals surface area contributed by atoms with Crippen molar-refractivity contribution in [2.24, 2.45) is 11.8 Å². The molecule has 1 fully saturated rings. The Morgan fingerprint density at radius 2 is 1.19 bits per heavy atom. The first-order valence-corrected chi connectivity index (χ1v) is 11.7. The zero-order valence-electron chi connectivity index (χ0n) is 17.5. The molecule has 31 heavy (non-hydrogen) atoms. The summed E-state index contributed by atoms with van der Waals surface area (Å²) >= 11 is 18.8. The Bertz CT molecular complexity index is 978. The number of halogens is 3. The predicted octanol–water partition coefficient (Wildman–Crippen LogP) is 7.28. The van der Waals surface area contributed by atoms with Crippen molar-refractivity contribution in [3.63, 3.8) is 0 Å². The van der Waals surface area contributed by atoms with E-state index in [2.05, 4.69) is 19.2 Å². The quantitative estimate of drug-likeness (QED) is 0.416. The molecule has 2 N–H and O–H groups in total. The van der Waals surface area contributed by atoms with Crippen molar-refractivity contribution < 1.29 is 5.11 Å². The van der Waals surface area contributed by atoms with Crippen molar-refractivity contribution in [3.8, 4) is 0 Å². The Morgan fingerprint density at radius 3 is 1.65 bits per heavy atom. The summed E-state index contributed by atoms with van der Waals surface area (Å²) < 4.78 is 0. The summed E-state index contributed by atoms with van der Waals surface area (Å²) in [6.07, 6.45) is 0.477. The van der Waals surface area contributed by atoms with Gasteiger partial charge in [0.25, 0.3) is 0 Å². The van der Waals surface area contributed by atoms with Gasteiger partial charge in [0.05, 0.1) is 5.60 Å². The highest BCUT2D eigenvalue weighted by molar-refractivity contribution is 6.31. The molecule has 0 spiro atoms. The number of benzene rings is 3. The summed E-state index contributed by atoms with van der Waals surface area (Å²) in [5, 5.41) is 18.1. The minimum absolute atomic E-state index is 0.0540. The molecule has 5 atom stereocenters. The summed E-state index contributed by atoms with van der Waals surface area (Å²) in [4.78, 5) is 0. The van der Waals surface area contributed by atoms with E-state index < -0.39 is 5.60 Å². The fourth-order valence-corrected chi connectivity index (χ4v) is 5.31. The van der Waals surface area contributed by atoms with Crippen molar-refractivity contribution >= 4 is 34.8 Å². The number of piperidine rings is 1. The van der Waals surface area contributed by atoms with Gasteiger partial charge < -0.3 is 10.4 Å². The lowest BCUT2D eigenvalue weighted by Crippen LogP contribution is -2.58. The molecule has 1 heterocycles. The van der Waals surface area contributed by atoms with Crippen LogP contribution >= 0.6 is 34.8 Å². The van der Waals surface area contributed by atoms with Crippen molar-refractivity contribution in [3.05, 3.63) is 105 Å². The van der Waals surface area contributed by atoms with E-state index >= 15 is 0 Å². The Kier molecular flexibility index (Phi) is 6.67. The number of nitrogens with one attached hydrogen (secondary N) is 1. The fraction of sp³-hybridized carbons (Fsp3) is 0.308. The van der Waals surface area contributed by atoms with Crippen molar-refractivity contribution in [1.29, 1.82) is 0 Å². The van der Waals surface area contributed by atoms with E-state index in [1.165, 1.54) is 0 Å². The van der Waals surface area contributed by atoms with Crippen LogP contribution in [-0.4, -0.2) is 10.7 Å². The van der Waals surface area contributed by atoms with Gasteiger partial charge in [0.1, 0.15) is 0 Å². The SMILES string of the molecule is C[C@@H]1[C@@H](c2ccc(Cl)cc2)N[C@@H](c2ccc(Cl)cc2)[C@H](C)C1(O)Cc1ccccc1Cl. The van der Waals surface area contributed by atoms with Gasteiger partial charge in [-0.05, 0) is 47.0 Å². The Hall–Kier alpha value is -1.55. The molecule has 5 heteroatoms. The number of aliphatic hydroxyl groups is 1. The minimum atomic E-state index is -0.981. The van der Waals surface area contributed by atoms with Crippen LogP contribution in [0.3, 0.4) is 0 Å². The average Bonchev–Trinajstić information content (AvgIpc) is 2.76. The number of hydrogen-bond donors (Lipinski definition) is 2. The monoisotopic (exact) mass is 473 g/mol. The largest absolute Gasteiger partial charge is 0.389 e. The lowest BCUT2D eigenvalue weighted by atomic mass is 9.64. The van der Waals surface area contributed by atoms with Crippen molar-refractivity contribution in [2.75, 3.05) is 0 Å². The van der Waals surface area contributed by atoms with Crippen LogP contribution in [0.4, 0.5) is 0 Å². The third-order valence-corrected chi connectivity index (χ3v) is 7.70. The summed E-state index contributed by atoms with van der Waals surface area (Å²) in [5.74, 6) is -0.132. The maximum absolute atomic E-state index is 12.2. The fourth-order valence-electron chi connectivity index (χ4n) is 4.85. The molecule has 3 aromatic rings. The molecule has 1 aliphatic rings. The summed E-state index contributed by atoms with van der Waals surface area (Å²) in [7, 11) is 0. The molecule has 3 aromatic carbocycles. The van der Waals surface area contributed by atoms with Crippen LogP contribution < -0.4 is 5.32 Å². The van der Waals surface area contributed by atoms with Crippen LogP contribution in [-0.2, 0) is 6.42 Å². The normalized spacial score (nSPS) is 28.5. The smallest absolute Gasteiger partial charge is 0.0775 e. The maximum Gasteiger partial charge on any atom is 0.0775 e. The third kappa shape index (κ3) is 4.51. The highest BCUT2D eigenvalue weighted by Gasteiger charge is 2.51. The number of rotatable bonds is 4. The first-order chi connectivity index (χ1) is 14.8. The van der Waals surface area contributed by atoms with Crippen LogP contribution in [0.25, 0.3) is 0 Å². The molecule has 2 nitrogen and oxygen atoms in total. The van der Waals surface area contributed by atoms with E-state index in [4.69, 9.17) is 34.8 Å². The second kappa shape index (κ2) is 9.13. The molecule has 0 saturated carbocycles. The second-order valence-electron chi connectivity index (χ2n) is 8.56. The molecule has 1 unspecified atom stereocenters. The highest BCUT2D eigenvalue weighted by atomic mass is 35.5. The van der Waals surface area contributed by atoms with Gasteiger partial charge in [-0.2, -0.15) is 0 Å². The van der Waals surface area contributed by atoms with Gasteiger partial charge in [-0.3, -0.25) is 0 Å². The van der Waals surface area contributed by atoms with Gasteiger partial charge in [0, 0.05) is 45.4 Å². The van der Waals surface area contributed by atoms with E-state index in [0.717, 1.165) is 16.7 Å². The Labute approximate surface area is 199 Å². The molecular weight excluding hydrogens is 449 g/mol. The van der Waals surface area contributed by atoms with Gasteiger partial charge in [0.15, 0.2) is 0 Å². The van der Waals surface area contributed by atoms with E-state index in [1.54, 1.807) is 0 Å². The number of hydrogen-bond acceptors (Lipinski definition) is 2. The zero-order valence-corrected chi connectivity index (χ0v) is 19.8. The summed E-state index contributed by atoms with van der Waals surface area (Å²) in [5.41, 5.74) is 2.17. The van der Waals surface area contributed by atoms with Crippen molar-refractivity contribution in [2.45, 2.75) is 38.0 Å².